The number of aromatic amines is 1. The number of pyridine rings is 1. The number of nitrogens with zero attached hydrogens (tertiary/aromatic N) is 5. The summed E-state index contributed by atoms with van der Waals surface area (Å²) in [5.74, 6) is 0.377. The van der Waals surface area contributed by atoms with Crippen LogP contribution in [0.25, 0.3) is 26.9 Å². The molecule has 4 aromatic rings. The zero-order valence-electron chi connectivity index (χ0n) is 18.2. The van der Waals surface area contributed by atoms with Crippen LogP contribution in [0.1, 0.15) is 28.4 Å². The molecule has 0 radical (unpaired) electrons. The molecule has 8 heteroatoms. The summed E-state index contributed by atoms with van der Waals surface area (Å²) in [6, 6.07) is 12.7. The second kappa shape index (κ2) is 9.21. The van der Waals surface area contributed by atoms with Crippen LogP contribution in [0.15, 0.2) is 55.0 Å². The minimum Gasteiger partial charge on any atom is -0.493 e. The molecule has 162 valence electrons. The molecule has 0 saturated heterocycles. The lowest BCUT2D eigenvalue weighted by atomic mass is 10.0. The van der Waals surface area contributed by atoms with E-state index in [-0.39, 0.29) is 5.91 Å². The molecular formula is C25H20N6O2. The van der Waals surface area contributed by atoms with Gasteiger partial charge in [0.05, 0.1) is 36.5 Å². The topological polar surface area (TPSA) is 99.3 Å². The van der Waals surface area contributed by atoms with Crippen LogP contribution < -0.4 is 4.74 Å². The summed E-state index contributed by atoms with van der Waals surface area (Å²) in [6.45, 7) is 9.85. The molecule has 0 unspecified atom stereocenters. The molecule has 1 amide bonds. The highest BCUT2D eigenvalue weighted by molar-refractivity contribution is 5.96. The van der Waals surface area contributed by atoms with Crippen molar-refractivity contribution < 1.29 is 9.53 Å². The maximum atomic E-state index is 13.2. The van der Waals surface area contributed by atoms with Crippen molar-refractivity contribution in [3.63, 3.8) is 0 Å². The van der Waals surface area contributed by atoms with Gasteiger partial charge in [0.1, 0.15) is 5.75 Å². The normalized spacial score (nSPS) is 10.4. The van der Waals surface area contributed by atoms with Crippen molar-refractivity contribution in [1.29, 1.82) is 5.26 Å². The lowest BCUT2D eigenvalue weighted by molar-refractivity contribution is 0.0785. The molecule has 0 aliphatic rings. The fourth-order valence-corrected chi connectivity index (χ4v) is 3.67. The molecule has 0 fully saturated rings. The van der Waals surface area contributed by atoms with Gasteiger partial charge in [0.25, 0.3) is 5.91 Å². The van der Waals surface area contributed by atoms with E-state index in [2.05, 4.69) is 26.1 Å². The van der Waals surface area contributed by atoms with Gasteiger partial charge < -0.3 is 9.64 Å². The monoisotopic (exact) mass is 436 g/mol. The summed E-state index contributed by atoms with van der Waals surface area (Å²) < 4.78 is 5.81. The van der Waals surface area contributed by atoms with Gasteiger partial charge >= 0.3 is 0 Å². The zero-order valence-corrected chi connectivity index (χ0v) is 18.2. The molecule has 0 aliphatic heterocycles. The third-order valence-electron chi connectivity index (χ3n) is 5.27. The second-order valence-electron chi connectivity index (χ2n) is 7.39. The number of nitrogens with one attached hydrogen (secondary N) is 1. The van der Waals surface area contributed by atoms with Gasteiger partial charge in [0.2, 0.25) is 5.69 Å². The van der Waals surface area contributed by atoms with Crippen molar-refractivity contribution in [2.45, 2.75) is 13.5 Å². The Morgan fingerprint density at radius 2 is 2.09 bits per heavy atom. The molecule has 0 aliphatic carbocycles. The molecule has 1 N–H and O–H groups in total. The lowest BCUT2D eigenvalue weighted by Gasteiger charge is -2.19. The average molecular weight is 436 g/mol. The highest BCUT2D eigenvalue weighted by atomic mass is 16.5. The summed E-state index contributed by atoms with van der Waals surface area (Å²) in [7, 11) is 1.72. The Kier molecular flexibility index (Phi) is 6.01. The standard InChI is InChI=1S/C25H20N6O2/c1-4-33-23-10-16(7-8-21(23)19-9-20(27-2)13-28-12-19)25(32)31(3)15-18-6-5-17(11-26)22-14-29-30-24(18)22/h5-10,12-14H,4,15H2,1,3H3,(H,29,30). The van der Waals surface area contributed by atoms with Crippen molar-refractivity contribution in [3.05, 3.63) is 83.1 Å². The highest BCUT2D eigenvalue weighted by Crippen LogP contribution is 2.33. The highest BCUT2D eigenvalue weighted by Gasteiger charge is 2.18. The Morgan fingerprint density at radius 1 is 1.24 bits per heavy atom. The smallest absolute Gasteiger partial charge is 0.254 e. The van der Waals surface area contributed by atoms with Gasteiger partial charge in [-0.1, -0.05) is 6.07 Å². The van der Waals surface area contributed by atoms with Crippen molar-refractivity contribution in [3.8, 4) is 22.9 Å². The lowest BCUT2D eigenvalue weighted by Crippen LogP contribution is -2.26. The molecule has 0 atom stereocenters. The summed E-state index contributed by atoms with van der Waals surface area (Å²) >= 11 is 0. The number of nitriles is 1. The molecule has 2 heterocycles. The Balaban J connectivity index is 1.63. The van der Waals surface area contributed by atoms with Crippen molar-refractivity contribution >= 4 is 22.5 Å². The third-order valence-corrected chi connectivity index (χ3v) is 5.27. The van der Waals surface area contributed by atoms with Crippen LogP contribution in [0.2, 0.25) is 0 Å². The van der Waals surface area contributed by atoms with Crippen molar-refractivity contribution in [1.82, 2.24) is 20.1 Å². The first kappa shape index (κ1) is 21.5. The number of rotatable bonds is 6. The van der Waals surface area contributed by atoms with Crippen molar-refractivity contribution in [2.24, 2.45) is 0 Å². The average Bonchev–Trinajstić information content (AvgIpc) is 3.34. The fraction of sp³-hybridized carbons (Fsp3) is 0.160. The van der Waals surface area contributed by atoms with E-state index in [0.717, 1.165) is 27.6 Å². The molecule has 33 heavy (non-hydrogen) atoms. The molecule has 4 rings (SSSR count). The quantitative estimate of drug-likeness (QED) is 0.441. The van der Waals surface area contributed by atoms with Gasteiger partial charge in [-0.05, 0) is 48.4 Å². The molecule has 0 spiro atoms. The minimum atomic E-state index is -0.174. The van der Waals surface area contributed by atoms with Gasteiger partial charge in [0, 0.05) is 42.5 Å². The summed E-state index contributed by atoms with van der Waals surface area (Å²) in [5, 5.41) is 17.0. The first-order valence-corrected chi connectivity index (χ1v) is 10.3. The molecule has 2 aromatic carbocycles. The first-order chi connectivity index (χ1) is 16.0. The zero-order chi connectivity index (χ0) is 23.4. The summed E-state index contributed by atoms with van der Waals surface area (Å²) in [6.07, 6.45) is 4.79. The van der Waals surface area contributed by atoms with Gasteiger partial charge in [-0.3, -0.25) is 14.9 Å². The van der Waals surface area contributed by atoms with Crippen LogP contribution in [-0.2, 0) is 6.54 Å². The minimum absolute atomic E-state index is 0.174. The van der Waals surface area contributed by atoms with E-state index in [9.17, 15) is 10.1 Å². The largest absolute Gasteiger partial charge is 0.493 e. The Labute approximate surface area is 190 Å². The Bertz CT molecular complexity index is 1430. The second-order valence-corrected chi connectivity index (χ2v) is 7.39. The van der Waals surface area contributed by atoms with E-state index < -0.39 is 0 Å². The van der Waals surface area contributed by atoms with E-state index in [1.165, 1.54) is 6.20 Å². The number of hydrogen-bond donors (Lipinski definition) is 1. The number of carbonyl (C=O) groups is 1. The number of fused-ring (bicyclic) bond motifs is 1. The number of aromatic nitrogens is 3. The van der Waals surface area contributed by atoms with E-state index in [4.69, 9.17) is 11.3 Å². The van der Waals surface area contributed by atoms with Crippen LogP contribution in [-0.4, -0.2) is 39.6 Å². The van der Waals surface area contributed by atoms with Crippen LogP contribution in [0, 0.1) is 17.9 Å². The van der Waals surface area contributed by atoms with Gasteiger partial charge in [-0.2, -0.15) is 10.4 Å². The number of hydrogen-bond acceptors (Lipinski definition) is 5. The predicted molar refractivity (Wildman–Crippen MR) is 124 cm³/mol. The van der Waals surface area contributed by atoms with Gasteiger partial charge in [0.15, 0.2) is 0 Å². The van der Waals surface area contributed by atoms with Gasteiger partial charge in [-0.25, -0.2) is 4.85 Å². The molecular weight excluding hydrogens is 416 g/mol. The van der Waals surface area contributed by atoms with E-state index >= 15 is 0 Å². The molecule has 2 aromatic heterocycles. The van der Waals surface area contributed by atoms with Crippen LogP contribution in [0.4, 0.5) is 5.69 Å². The summed E-state index contributed by atoms with van der Waals surface area (Å²) in [5.41, 5.74) is 4.56. The fourth-order valence-electron chi connectivity index (χ4n) is 3.67. The van der Waals surface area contributed by atoms with Crippen LogP contribution in [0.3, 0.4) is 0 Å². The molecule has 0 saturated carbocycles. The van der Waals surface area contributed by atoms with Crippen LogP contribution >= 0.6 is 0 Å². The molecule has 0 bridgehead atoms. The maximum Gasteiger partial charge on any atom is 0.254 e. The summed E-state index contributed by atoms with van der Waals surface area (Å²) in [4.78, 5) is 22.4. The number of H-pyrrole nitrogens is 1. The number of ether oxygens (including phenoxy) is 1. The van der Waals surface area contributed by atoms with Crippen LogP contribution in [0.5, 0.6) is 5.75 Å². The first-order valence-electron chi connectivity index (χ1n) is 10.3. The van der Waals surface area contributed by atoms with Crippen molar-refractivity contribution in [2.75, 3.05) is 13.7 Å². The van der Waals surface area contributed by atoms with E-state index in [1.54, 1.807) is 48.6 Å². The SMILES string of the molecule is [C-]#[N+]c1cncc(-c2ccc(C(=O)N(C)Cc3ccc(C#N)c4cn[nH]c34)cc2OCC)c1. The third kappa shape index (κ3) is 4.23. The number of benzene rings is 2. The predicted octanol–water partition coefficient (Wildman–Crippen LogP) is 4.72. The Hall–Kier alpha value is -4.69. The Morgan fingerprint density at radius 3 is 2.85 bits per heavy atom. The number of carbonyl (C=O) groups excluding carboxylic acids is 1. The molecule has 8 nitrogen and oxygen atoms in total. The van der Waals surface area contributed by atoms with E-state index in [1.807, 2.05) is 19.1 Å². The maximum absolute atomic E-state index is 13.2. The number of amides is 1. The van der Waals surface area contributed by atoms with E-state index in [0.29, 0.717) is 35.7 Å². The van der Waals surface area contributed by atoms with Gasteiger partial charge in [-0.15, -0.1) is 0 Å².